The fourth-order valence-electron chi connectivity index (χ4n) is 1.77. The van der Waals surface area contributed by atoms with Crippen molar-refractivity contribution in [3.05, 3.63) is 51.6 Å². The lowest BCUT2D eigenvalue weighted by Gasteiger charge is -2.34. The first-order chi connectivity index (χ1) is 9.18. The lowest BCUT2D eigenvalue weighted by molar-refractivity contribution is -0.385. The third kappa shape index (κ3) is 3.57. The maximum absolute atomic E-state index is 12.6. The molecule has 6 heteroatoms. The number of rotatable bonds is 4. The molecule has 0 heterocycles. The molecule has 0 saturated carbocycles. The number of nitro benzene ring substituents is 1. The Hall–Kier alpha value is -1.88. The first-order valence-corrected chi connectivity index (χ1v) is 6.43. The van der Waals surface area contributed by atoms with E-state index in [0.717, 1.165) is 0 Å². The smallest absolute Gasteiger partial charge is 0.282 e. The van der Waals surface area contributed by atoms with Crippen molar-refractivity contribution >= 4 is 23.2 Å². The summed E-state index contributed by atoms with van der Waals surface area (Å²) in [6.07, 6.45) is 1.58. The van der Waals surface area contributed by atoms with Crippen LogP contribution in [0.2, 0.25) is 5.02 Å². The fourth-order valence-corrected chi connectivity index (χ4v) is 1.95. The van der Waals surface area contributed by atoms with Gasteiger partial charge in [-0.3, -0.25) is 14.9 Å². The van der Waals surface area contributed by atoms with Gasteiger partial charge in [-0.25, -0.2) is 0 Å². The zero-order valence-electron chi connectivity index (χ0n) is 11.7. The van der Waals surface area contributed by atoms with Crippen LogP contribution in [0, 0.1) is 10.1 Å². The topological polar surface area (TPSA) is 63.5 Å². The highest BCUT2D eigenvalue weighted by Gasteiger charge is 2.30. The van der Waals surface area contributed by atoms with E-state index in [4.69, 9.17) is 11.6 Å². The largest absolute Gasteiger partial charge is 0.330 e. The highest BCUT2D eigenvalue weighted by molar-refractivity contribution is 6.31. The molecule has 0 radical (unpaired) electrons. The van der Waals surface area contributed by atoms with Gasteiger partial charge in [-0.1, -0.05) is 17.7 Å². The van der Waals surface area contributed by atoms with Crippen molar-refractivity contribution in [1.82, 2.24) is 4.90 Å². The SMILES string of the molecule is C=CCN(C(=O)c1cc(Cl)ccc1[N+](=O)[O-])C(C)(C)C. The Kier molecular flexibility index (Phi) is 4.89. The van der Waals surface area contributed by atoms with E-state index in [1.54, 1.807) is 6.08 Å². The Balaban J connectivity index is 3.34. The standard InChI is InChI=1S/C14H17ClN2O3/c1-5-8-16(14(2,3)4)13(18)11-9-10(15)6-7-12(11)17(19)20/h5-7,9H,1,8H2,2-4H3. The van der Waals surface area contributed by atoms with Crippen LogP contribution in [0.15, 0.2) is 30.9 Å². The molecular weight excluding hydrogens is 280 g/mol. The van der Waals surface area contributed by atoms with Gasteiger partial charge < -0.3 is 4.90 Å². The van der Waals surface area contributed by atoms with E-state index >= 15 is 0 Å². The van der Waals surface area contributed by atoms with Crippen LogP contribution in [-0.2, 0) is 0 Å². The molecule has 0 bridgehead atoms. The average Bonchev–Trinajstić information content (AvgIpc) is 2.33. The van der Waals surface area contributed by atoms with Crippen molar-refractivity contribution < 1.29 is 9.72 Å². The molecule has 0 saturated heterocycles. The molecule has 108 valence electrons. The third-order valence-electron chi connectivity index (χ3n) is 2.75. The summed E-state index contributed by atoms with van der Waals surface area (Å²) in [5.74, 6) is -0.438. The molecule has 1 amide bonds. The van der Waals surface area contributed by atoms with Gasteiger partial charge in [0, 0.05) is 23.2 Å². The van der Waals surface area contributed by atoms with Gasteiger partial charge in [0.1, 0.15) is 5.56 Å². The number of halogens is 1. The summed E-state index contributed by atoms with van der Waals surface area (Å²) < 4.78 is 0. The molecule has 0 aliphatic carbocycles. The van der Waals surface area contributed by atoms with E-state index in [1.807, 2.05) is 20.8 Å². The number of nitrogens with zero attached hydrogens (tertiary/aromatic N) is 2. The highest BCUT2D eigenvalue weighted by Crippen LogP contribution is 2.26. The van der Waals surface area contributed by atoms with Gasteiger partial charge in [0.15, 0.2) is 0 Å². The van der Waals surface area contributed by atoms with Gasteiger partial charge in [-0.15, -0.1) is 6.58 Å². The monoisotopic (exact) mass is 296 g/mol. The summed E-state index contributed by atoms with van der Waals surface area (Å²) >= 11 is 5.85. The van der Waals surface area contributed by atoms with Gasteiger partial charge in [0.25, 0.3) is 11.6 Å². The molecule has 0 N–H and O–H groups in total. The van der Waals surface area contributed by atoms with Crippen molar-refractivity contribution in [2.24, 2.45) is 0 Å². The Morgan fingerprint density at radius 3 is 2.55 bits per heavy atom. The quantitative estimate of drug-likeness (QED) is 0.484. The van der Waals surface area contributed by atoms with Crippen molar-refractivity contribution in [3.63, 3.8) is 0 Å². The van der Waals surface area contributed by atoms with Gasteiger partial charge in [-0.05, 0) is 32.9 Å². The van der Waals surface area contributed by atoms with Crippen LogP contribution in [0.25, 0.3) is 0 Å². The predicted molar refractivity (Wildman–Crippen MR) is 79.1 cm³/mol. The van der Waals surface area contributed by atoms with Crippen molar-refractivity contribution in [2.75, 3.05) is 6.54 Å². The van der Waals surface area contributed by atoms with Crippen molar-refractivity contribution in [2.45, 2.75) is 26.3 Å². The second-order valence-corrected chi connectivity index (χ2v) is 5.73. The summed E-state index contributed by atoms with van der Waals surface area (Å²) in [5.41, 5.74) is -0.751. The first-order valence-electron chi connectivity index (χ1n) is 6.05. The van der Waals surface area contributed by atoms with Crippen LogP contribution >= 0.6 is 11.6 Å². The van der Waals surface area contributed by atoms with E-state index in [-0.39, 0.29) is 16.3 Å². The first kappa shape index (κ1) is 16.2. The number of hydrogen-bond donors (Lipinski definition) is 0. The Labute approximate surface area is 123 Å². The molecule has 0 atom stereocenters. The number of hydrogen-bond acceptors (Lipinski definition) is 3. The number of carbonyl (C=O) groups is 1. The molecule has 1 rings (SSSR count). The summed E-state index contributed by atoms with van der Waals surface area (Å²) in [6.45, 7) is 9.46. The molecule has 0 aromatic heterocycles. The lowest BCUT2D eigenvalue weighted by atomic mass is 10.0. The van der Waals surface area contributed by atoms with Gasteiger partial charge in [0.05, 0.1) is 4.92 Å². The van der Waals surface area contributed by atoms with Crippen LogP contribution in [-0.4, -0.2) is 27.8 Å². The van der Waals surface area contributed by atoms with Crippen molar-refractivity contribution in [3.8, 4) is 0 Å². The zero-order chi connectivity index (χ0) is 15.5. The van der Waals surface area contributed by atoms with E-state index in [0.29, 0.717) is 6.54 Å². The number of amides is 1. The molecule has 20 heavy (non-hydrogen) atoms. The summed E-state index contributed by atoms with van der Waals surface area (Å²) in [7, 11) is 0. The van der Waals surface area contributed by atoms with E-state index in [1.165, 1.54) is 23.1 Å². The minimum Gasteiger partial charge on any atom is -0.330 e. The zero-order valence-corrected chi connectivity index (χ0v) is 12.5. The molecule has 0 aliphatic heterocycles. The molecule has 1 aromatic rings. The van der Waals surface area contributed by atoms with Gasteiger partial charge >= 0.3 is 0 Å². The average molecular weight is 297 g/mol. The van der Waals surface area contributed by atoms with Crippen molar-refractivity contribution in [1.29, 1.82) is 0 Å². The number of benzene rings is 1. The molecule has 5 nitrogen and oxygen atoms in total. The van der Waals surface area contributed by atoms with Crippen LogP contribution in [0.4, 0.5) is 5.69 Å². The lowest BCUT2D eigenvalue weighted by Crippen LogP contribution is -2.45. The van der Waals surface area contributed by atoms with E-state index in [9.17, 15) is 14.9 Å². The Morgan fingerprint density at radius 2 is 2.10 bits per heavy atom. The summed E-state index contributed by atoms with van der Waals surface area (Å²) in [6, 6.07) is 3.96. The number of carbonyl (C=O) groups excluding carboxylic acids is 1. The second-order valence-electron chi connectivity index (χ2n) is 5.29. The summed E-state index contributed by atoms with van der Waals surface area (Å²) in [5, 5.41) is 11.3. The minimum absolute atomic E-state index is 0.0146. The highest BCUT2D eigenvalue weighted by atomic mass is 35.5. The molecule has 0 spiro atoms. The summed E-state index contributed by atoms with van der Waals surface area (Å²) in [4.78, 5) is 24.5. The minimum atomic E-state index is -0.585. The van der Waals surface area contributed by atoms with Gasteiger partial charge in [0.2, 0.25) is 0 Å². The Bertz CT molecular complexity index is 550. The Morgan fingerprint density at radius 1 is 1.50 bits per heavy atom. The third-order valence-corrected chi connectivity index (χ3v) is 2.99. The second kappa shape index (κ2) is 6.05. The molecule has 0 unspecified atom stereocenters. The predicted octanol–water partition coefficient (Wildman–Crippen LogP) is 3.67. The number of nitro groups is 1. The van der Waals surface area contributed by atoms with Crippen LogP contribution in [0.3, 0.4) is 0 Å². The van der Waals surface area contributed by atoms with Gasteiger partial charge in [-0.2, -0.15) is 0 Å². The fraction of sp³-hybridized carbons (Fsp3) is 0.357. The molecular formula is C14H17ClN2O3. The molecule has 1 aromatic carbocycles. The maximum atomic E-state index is 12.6. The van der Waals surface area contributed by atoms with Crippen LogP contribution < -0.4 is 0 Å². The van der Waals surface area contributed by atoms with Crippen LogP contribution in [0.1, 0.15) is 31.1 Å². The van der Waals surface area contributed by atoms with E-state index < -0.39 is 16.4 Å². The molecule has 0 fully saturated rings. The normalized spacial score (nSPS) is 11.0. The molecule has 0 aliphatic rings. The van der Waals surface area contributed by atoms with E-state index in [2.05, 4.69) is 6.58 Å². The van der Waals surface area contributed by atoms with Crippen LogP contribution in [0.5, 0.6) is 0 Å². The maximum Gasteiger partial charge on any atom is 0.282 e.